The second-order valence-corrected chi connectivity index (χ2v) is 6.32. The molecule has 3 heterocycles. The first-order valence-electron chi connectivity index (χ1n) is 7.16. The highest BCUT2D eigenvalue weighted by Gasteiger charge is 2.48. The van der Waals surface area contributed by atoms with Crippen LogP contribution in [0.15, 0.2) is 18.5 Å². The Bertz CT molecular complexity index is 404. The van der Waals surface area contributed by atoms with Gasteiger partial charge in [0.05, 0.1) is 0 Å². The van der Waals surface area contributed by atoms with E-state index in [1.165, 1.54) is 18.4 Å². The standard InChI is InChI=1S/C15H24N2O/c1-12(2)9-17-6-3-13(10-17)14-15(11-16-14)4-7-18-8-5-15/h3,6,10,12,14,16H,4-5,7-9,11H2,1-2H3/t14-/m0/s1. The number of rotatable bonds is 3. The van der Waals surface area contributed by atoms with E-state index in [2.05, 4.69) is 42.2 Å². The zero-order valence-corrected chi connectivity index (χ0v) is 11.5. The summed E-state index contributed by atoms with van der Waals surface area (Å²) in [6.07, 6.45) is 6.97. The SMILES string of the molecule is CC(C)Cn1ccc([C@@H]2NCC23CCOCC3)c1. The number of nitrogens with one attached hydrogen (secondary N) is 1. The monoisotopic (exact) mass is 248 g/mol. The summed E-state index contributed by atoms with van der Waals surface area (Å²) in [6, 6.07) is 2.84. The van der Waals surface area contributed by atoms with Crippen molar-refractivity contribution in [3.63, 3.8) is 0 Å². The van der Waals surface area contributed by atoms with Gasteiger partial charge in [-0.05, 0) is 30.4 Å². The third-order valence-electron chi connectivity index (χ3n) is 4.44. The molecular formula is C15H24N2O. The van der Waals surface area contributed by atoms with Crippen molar-refractivity contribution in [2.75, 3.05) is 19.8 Å². The fourth-order valence-electron chi connectivity index (χ4n) is 3.37. The summed E-state index contributed by atoms with van der Waals surface area (Å²) in [5.41, 5.74) is 1.94. The maximum Gasteiger partial charge on any atom is 0.0472 e. The second kappa shape index (κ2) is 4.71. The molecule has 3 rings (SSSR count). The van der Waals surface area contributed by atoms with E-state index in [-0.39, 0.29) is 0 Å². The van der Waals surface area contributed by atoms with Gasteiger partial charge in [-0.1, -0.05) is 13.8 Å². The Morgan fingerprint density at radius 1 is 1.44 bits per heavy atom. The lowest BCUT2D eigenvalue weighted by Gasteiger charge is -2.52. The minimum absolute atomic E-state index is 0.474. The molecule has 2 aliphatic heterocycles. The normalized spacial score (nSPS) is 26.5. The molecular weight excluding hydrogens is 224 g/mol. The maximum atomic E-state index is 5.51. The van der Waals surface area contributed by atoms with E-state index in [1.807, 2.05) is 0 Å². The highest BCUT2D eigenvalue weighted by atomic mass is 16.5. The molecule has 1 atom stereocenters. The predicted octanol–water partition coefficient (Wildman–Crippen LogP) is 2.59. The summed E-state index contributed by atoms with van der Waals surface area (Å²) in [4.78, 5) is 0. The van der Waals surface area contributed by atoms with Gasteiger partial charge in [-0.25, -0.2) is 0 Å². The molecule has 1 N–H and O–H groups in total. The van der Waals surface area contributed by atoms with Crippen LogP contribution in [-0.2, 0) is 11.3 Å². The summed E-state index contributed by atoms with van der Waals surface area (Å²) < 4.78 is 7.84. The minimum atomic E-state index is 0.474. The number of hydrogen-bond donors (Lipinski definition) is 1. The Morgan fingerprint density at radius 2 is 2.22 bits per heavy atom. The molecule has 2 saturated heterocycles. The number of hydrogen-bond acceptors (Lipinski definition) is 2. The Kier molecular flexibility index (Phi) is 3.20. The van der Waals surface area contributed by atoms with Gasteiger partial charge in [-0.3, -0.25) is 0 Å². The first-order valence-corrected chi connectivity index (χ1v) is 7.16. The van der Waals surface area contributed by atoms with Gasteiger partial charge in [0.1, 0.15) is 0 Å². The van der Waals surface area contributed by atoms with Crippen LogP contribution >= 0.6 is 0 Å². The molecule has 3 heteroatoms. The van der Waals surface area contributed by atoms with Gasteiger partial charge in [0, 0.05) is 50.2 Å². The van der Waals surface area contributed by atoms with Gasteiger partial charge in [-0.15, -0.1) is 0 Å². The molecule has 0 unspecified atom stereocenters. The molecule has 0 radical (unpaired) electrons. The van der Waals surface area contributed by atoms with E-state index in [4.69, 9.17) is 4.74 Å². The Labute approximate surface area is 110 Å². The highest BCUT2D eigenvalue weighted by Crippen LogP contribution is 2.48. The fraction of sp³-hybridized carbons (Fsp3) is 0.733. The van der Waals surface area contributed by atoms with Crippen molar-refractivity contribution in [1.82, 2.24) is 9.88 Å². The van der Waals surface area contributed by atoms with Crippen molar-refractivity contribution in [1.29, 1.82) is 0 Å². The zero-order valence-electron chi connectivity index (χ0n) is 11.5. The highest BCUT2D eigenvalue weighted by molar-refractivity contribution is 5.23. The van der Waals surface area contributed by atoms with E-state index >= 15 is 0 Å². The van der Waals surface area contributed by atoms with Crippen LogP contribution in [0.5, 0.6) is 0 Å². The van der Waals surface area contributed by atoms with Gasteiger partial charge in [0.25, 0.3) is 0 Å². The van der Waals surface area contributed by atoms with Crippen LogP contribution in [0.2, 0.25) is 0 Å². The van der Waals surface area contributed by atoms with Crippen molar-refractivity contribution in [2.24, 2.45) is 11.3 Å². The van der Waals surface area contributed by atoms with E-state index in [1.54, 1.807) is 0 Å². The average molecular weight is 248 g/mol. The van der Waals surface area contributed by atoms with E-state index in [9.17, 15) is 0 Å². The van der Waals surface area contributed by atoms with Crippen molar-refractivity contribution >= 4 is 0 Å². The Morgan fingerprint density at radius 3 is 2.83 bits per heavy atom. The van der Waals surface area contributed by atoms with Crippen LogP contribution in [0, 0.1) is 11.3 Å². The zero-order chi connectivity index (χ0) is 12.6. The summed E-state index contributed by atoms with van der Waals surface area (Å²) in [7, 11) is 0. The molecule has 0 saturated carbocycles. The lowest BCUT2D eigenvalue weighted by atomic mass is 9.66. The van der Waals surface area contributed by atoms with Gasteiger partial charge in [0.2, 0.25) is 0 Å². The van der Waals surface area contributed by atoms with Gasteiger partial charge < -0.3 is 14.6 Å². The van der Waals surface area contributed by atoms with E-state index in [0.29, 0.717) is 17.4 Å². The molecule has 0 amide bonds. The van der Waals surface area contributed by atoms with Crippen LogP contribution < -0.4 is 5.32 Å². The summed E-state index contributed by atoms with van der Waals surface area (Å²) in [5, 5.41) is 3.62. The summed E-state index contributed by atoms with van der Waals surface area (Å²) >= 11 is 0. The third-order valence-corrected chi connectivity index (χ3v) is 4.44. The van der Waals surface area contributed by atoms with Crippen molar-refractivity contribution in [3.05, 3.63) is 24.0 Å². The maximum absolute atomic E-state index is 5.51. The second-order valence-electron chi connectivity index (χ2n) is 6.32. The van der Waals surface area contributed by atoms with E-state index < -0.39 is 0 Å². The average Bonchev–Trinajstić information content (AvgIpc) is 2.76. The molecule has 1 aromatic rings. The molecule has 2 aliphatic rings. The molecule has 1 spiro atoms. The van der Waals surface area contributed by atoms with Gasteiger partial charge >= 0.3 is 0 Å². The van der Waals surface area contributed by atoms with Crippen molar-refractivity contribution in [2.45, 2.75) is 39.3 Å². The van der Waals surface area contributed by atoms with Crippen molar-refractivity contribution < 1.29 is 4.74 Å². The predicted molar refractivity (Wildman–Crippen MR) is 72.5 cm³/mol. The third kappa shape index (κ3) is 2.10. The number of aromatic nitrogens is 1. The van der Waals surface area contributed by atoms with Crippen LogP contribution in [0.1, 0.15) is 38.3 Å². The molecule has 2 fully saturated rings. The van der Waals surface area contributed by atoms with Gasteiger partial charge in [-0.2, -0.15) is 0 Å². The van der Waals surface area contributed by atoms with Crippen molar-refractivity contribution in [3.8, 4) is 0 Å². The number of ether oxygens (including phenoxy) is 1. The summed E-state index contributed by atoms with van der Waals surface area (Å²) in [6.45, 7) is 8.68. The Balaban J connectivity index is 1.72. The largest absolute Gasteiger partial charge is 0.381 e. The lowest BCUT2D eigenvalue weighted by Crippen LogP contribution is -2.58. The first kappa shape index (κ1) is 12.2. The van der Waals surface area contributed by atoms with Crippen LogP contribution in [0.3, 0.4) is 0 Å². The lowest BCUT2D eigenvalue weighted by molar-refractivity contribution is -0.0479. The Hall–Kier alpha value is -0.800. The van der Waals surface area contributed by atoms with Gasteiger partial charge in [0.15, 0.2) is 0 Å². The molecule has 0 aliphatic carbocycles. The first-order chi connectivity index (χ1) is 8.70. The molecule has 0 bridgehead atoms. The van der Waals surface area contributed by atoms with Crippen LogP contribution in [-0.4, -0.2) is 24.3 Å². The van der Waals surface area contributed by atoms with Crippen LogP contribution in [0.25, 0.3) is 0 Å². The summed E-state index contributed by atoms with van der Waals surface area (Å²) in [5.74, 6) is 0.705. The smallest absolute Gasteiger partial charge is 0.0472 e. The molecule has 0 aromatic carbocycles. The molecule has 3 nitrogen and oxygen atoms in total. The quantitative estimate of drug-likeness (QED) is 0.890. The van der Waals surface area contributed by atoms with Crippen LogP contribution in [0.4, 0.5) is 0 Å². The minimum Gasteiger partial charge on any atom is -0.381 e. The molecule has 18 heavy (non-hydrogen) atoms. The fourth-order valence-corrected chi connectivity index (χ4v) is 3.37. The molecule has 1 aromatic heterocycles. The number of nitrogens with zero attached hydrogens (tertiary/aromatic N) is 1. The topological polar surface area (TPSA) is 26.2 Å². The molecule has 100 valence electrons. The van der Waals surface area contributed by atoms with E-state index in [0.717, 1.165) is 26.3 Å².